The van der Waals surface area contributed by atoms with Crippen molar-refractivity contribution in [1.82, 2.24) is 10.3 Å². The van der Waals surface area contributed by atoms with Crippen LogP contribution in [-0.2, 0) is 11.3 Å². The lowest BCUT2D eigenvalue weighted by atomic mass is 10.2. The van der Waals surface area contributed by atoms with Gasteiger partial charge >= 0.3 is 0 Å². The van der Waals surface area contributed by atoms with Crippen LogP contribution in [0.25, 0.3) is 0 Å². The van der Waals surface area contributed by atoms with Gasteiger partial charge in [0.05, 0.1) is 6.61 Å². The molecule has 0 amide bonds. The molecule has 5 heteroatoms. The topological polar surface area (TPSA) is 37.4 Å². The third-order valence-corrected chi connectivity index (χ3v) is 3.30. The summed E-state index contributed by atoms with van der Waals surface area (Å²) in [5.41, 5.74) is 1.22. The average Bonchev–Trinajstić information content (AvgIpc) is 2.42. The molecule has 1 aromatic rings. The van der Waals surface area contributed by atoms with Crippen LogP contribution < -0.4 is 10.2 Å². The van der Waals surface area contributed by atoms with E-state index < -0.39 is 0 Å². The lowest BCUT2D eigenvalue weighted by Crippen LogP contribution is -2.30. The lowest BCUT2D eigenvalue weighted by Gasteiger charge is -2.24. The zero-order valence-corrected chi connectivity index (χ0v) is 13.7. The van der Waals surface area contributed by atoms with Gasteiger partial charge in [-0.25, -0.2) is 4.98 Å². The first kappa shape index (κ1) is 16.4. The molecule has 4 nitrogen and oxygen atoms in total. The molecule has 0 atom stereocenters. The predicted octanol–water partition coefficient (Wildman–Crippen LogP) is 2.82. The Morgan fingerprint density at radius 2 is 2.16 bits per heavy atom. The number of aromatic nitrogens is 1. The van der Waals surface area contributed by atoms with Crippen molar-refractivity contribution in [2.45, 2.75) is 27.3 Å². The highest BCUT2D eigenvalue weighted by atomic mass is 79.9. The molecule has 1 aromatic heterocycles. The molecule has 1 heterocycles. The minimum absolute atomic E-state index is 0.739. The van der Waals surface area contributed by atoms with Crippen LogP contribution in [0.4, 0.5) is 5.82 Å². The zero-order valence-electron chi connectivity index (χ0n) is 12.1. The van der Waals surface area contributed by atoms with Crippen LogP contribution in [-0.4, -0.2) is 37.8 Å². The van der Waals surface area contributed by atoms with Crippen LogP contribution in [0.15, 0.2) is 16.7 Å². The molecule has 0 saturated heterocycles. The molecule has 0 aromatic carbocycles. The predicted molar refractivity (Wildman–Crippen MR) is 83.7 cm³/mol. The van der Waals surface area contributed by atoms with Crippen molar-refractivity contribution in [3.05, 3.63) is 22.3 Å². The Morgan fingerprint density at radius 3 is 2.79 bits per heavy atom. The molecule has 1 N–H and O–H groups in total. The van der Waals surface area contributed by atoms with E-state index in [1.807, 2.05) is 13.1 Å². The van der Waals surface area contributed by atoms with E-state index in [2.05, 4.69) is 51.0 Å². The molecule has 19 heavy (non-hydrogen) atoms. The SMILES string of the molecule is CCNCc1cc(Br)cnc1N(CC)CCOCC. The van der Waals surface area contributed by atoms with Crippen molar-refractivity contribution < 1.29 is 4.74 Å². The van der Waals surface area contributed by atoms with Gasteiger partial charge in [-0.3, -0.25) is 0 Å². The Bertz CT molecular complexity index is 374. The monoisotopic (exact) mass is 329 g/mol. The Kier molecular flexibility index (Phi) is 8.02. The molecular weight excluding hydrogens is 306 g/mol. The summed E-state index contributed by atoms with van der Waals surface area (Å²) in [5, 5.41) is 3.36. The molecule has 0 aliphatic carbocycles. The second kappa shape index (κ2) is 9.28. The fourth-order valence-electron chi connectivity index (χ4n) is 1.88. The van der Waals surface area contributed by atoms with E-state index in [9.17, 15) is 0 Å². The first-order valence-electron chi connectivity index (χ1n) is 6.90. The van der Waals surface area contributed by atoms with Crippen LogP contribution in [0.3, 0.4) is 0 Å². The number of nitrogens with one attached hydrogen (secondary N) is 1. The molecule has 0 radical (unpaired) electrons. The molecule has 0 aliphatic heterocycles. The van der Waals surface area contributed by atoms with Crippen molar-refractivity contribution in [2.75, 3.05) is 37.7 Å². The molecule has 0 unspecified atom stereocenters. The van der Waals surface area contributed by atoms with E-state index in [0.29, 0.717) is 0 Å². The second-order valence-electron chi connectivity index (χ2n) is 4.19. The zero-order chi connectivity index (χ0) is 14.1. The van der Waals surface area contributed by atoms with Gasteiger partial charge in [0.15, 0.2) is 0 Å². The Morgan fingerprint density at radius 1 is 1.37 bits per heavy atom. The maximum atomic E-state index is 5.44. The van der Waals surface area contributed by atoms with Crippen LogP contribution in [0, 0.1) is 0 Å². The smallest absolute Gasteiger partial charge is 0.133 e. The average molecular weight is 330 g/mol. The van der Waals surface area contributed by atoms with Gasteiger partial charge in [0.2, 0.25) is 0 Å². The fourth-order valence-corrected chi connectivity index (χ4v) is 2.26. The summed E-state index contributed by atoms with van der Waals surface area (Å²) >= 11 is 3.49. The Hall–Kier alpha value is -0.650. The first-order valence-corrected chi connectivity index (χ1v) is 7.70. The largest absolute Gasteiger partial charge is 0.380 e. The molecule has 1 rings (SSSR count). The number of hydrogen-bond acceptors (Lipinski definition) is 4. The Labute approximate surface area is 124 Å². The number of hydrogen-bond donors (Lipinski definition) is 1. The van der Waals surface area contributed by atoms with Crippen LogP contribution >= 0.6 is 15.9 Å². The summed E-state index contributed by atoms with van der Waals surface area (Å²) < 4.78 is 6.46. The fraction of sp³-hybridized carbons (Fsp3) is 0.643. The summed E-state index contributed by atoms with van der Waals surface area (Å²) in [6.45, 7) is 11.4. The van der Waals surface area contributed by atoms with E-state index in [0.717, 1.165) is 49.7 Å². The normalized spacial score (nSPS) is 10.7. The van der Waals surface area contributed by atoms with Crippen molar-refractivity contribution in [3.63, 3.8) is 0 Å². The highest BCUT2D eigenvalue weighted by Gasteiger charge is 2.11. The van der Waals surface area contributed by atoms with Crippen molar-refractivity contribution in [1.29, 1.82) is 0 Å². The van der Waals surface area contributed by atoms with Gasteiger partial charge in [0, 0.05) is 42.5 Å². The second-order valence-corrected chi connectivity index (χ2v) is 5.11. The molecule has 0 bridgehead atoms. The number of rotatable bonds is 9. The summed E-state index contributed by atoms with van der Waals surface area (Å²) in [6, 6.07) is 2.13. The maximum Gasteiger partial charge on any atom is 0.133 e. The van der Waals surface area contributed by atoms with Crippen LogP contribution in [0.1, 0.15) is 26.3 Å². The van der Waals surface area contributed by atoms with Gasteiger partial charge in [-0.1, -0.05) is 6.92 Å². The number of likely N-dealkylation sites (N-methyl/N-ethyl adjacent to an activating group) is 1. The minimum Gasteiger partial charge on any atom is -0.380 e. The van der Waals surface area contributed by atoms with E-state index in [1.54, 1.807) is 0 Å². The maximum absolute atomic E-state index is 5.44. The number of anilines is 1. The van der Waals surface area contributed by atoms with E-state index >= 15 is 0 Å². The van der Waals surface area contributed by atoms with Crippen molar-refractivity contribution in [3.8, 4) is 0 Å². The van der Waals surface area contributed by atoms with Gasteiger partial charge in [-0.2, -0.15) is 0 Å². The van der Waals surface area contributed by atoms with E-state index in [1.165, 1.54) is 5.56 Å². The summed E-state index contributed by atoms with van der Waals surface area (Å²) in [5.74, 6) is 1.05. The molecule has 0 fully saturated rings. The van der Waals surface area contributed by atoms with Gasteiger partial charge in [0.1, 0.15) is 5.82 Å². The van der Waals surface area contributed by atoms with Crippen LogP contribution in [0.2, 0.25) is 0 Å². The highest BCUT2D eigenvalue weighted by Crippen LogP contribution is 2.21. The molecule has 0 saturated carbocycles. The van der Waals surface area contributed by atoms with Crippen molar-refractivity contribution >= 4 is 21.7 Å². The summed E-state index contributed by atoms with van der Waals surface area (Å²) in [7, 11) is 0. The van der Waals surface area contributed by atoms with Gasteiger partial charge < -0.3 is 15.0 Å². The minimum atomic E-state index is 0.739. The number of ether oxygens (including phenoxy) is 1. The third kappa shape index (κ3) is 5.47. The quantitative estimate of drug-likeness (QED) is 0.707. The van der Waals surface area contributed by atoms with Gasteiger partial charge in [-0.05, 0) is 42.4 Å². The van der Waals surface area contributed by atoms with E-state index in [4.69, 9.17) is 4.74 Å². The number of nitrogens with zero attached hydrogens (tertiary/aromatic N) is 2. The summed E-state index contributed by atoms with van der Waals surface area (Å²) in [6.07, 6.45) is 1.86. The standard InChI is InChI=1S/C14H24BrN3O/c1-4-16-10-12-9-13(15)11-17-14(12)18(5-2)7-8-19-6-3/h9,11,16H,4-8,10H2,1-3H3. The van der Waals surface area contributed by atoms with Gasteiger partial charge in [0.25, 0.3) is 0 Å². The van der Waals surface area contributed by atoms with Crippen molar-refractivity contribution in [2.24, 2.45) is 0 Å². The molecule has 0 spiro atoms. The number of pyridine rings is 1. The molecule has 0 aliphatic rings. The van der Waals surface area contributed by atoms with E-state index in [-0.39, 0.29) is 0 Å². The number of halogens is 1. The first-order chi connectivity index (χ1) is 9.22. The molecular formula is C14H24BrN3O. The molecule has 108 valence electrons. The summed E-state index contributed by atoms with van der Waals surface area (Å²) in [4.78, 5) is 6.82. The Balaban J connectivity index is 2.81. The third-order valence-electron chi connectivity index (χ3n) is 2.87. The van der Waals surface area contributed by atoms with Gasteiger partial charge in [-0.15, -0.1) is 0 Å². The highest BCUT2D eigenvalue weighted by molar-refractivity contribution is 9.10. The van der Waals surface area contributed by atoms with Crippen LogP contribution in [0.5, 0.6) is 0 Å². The lowest BCUT2D eigenvalue weighted by molar-refractivity contribution is 0.154.